The Morgan fingerprint density at radius 2 is 1.69 bits per heavy atom. The van der Waals surface area contributed by atoms with Crippen molar-refractivity contribution in [2.24, 2.45) is 0 Å². The van der Waals surface area contributed by atoms with Gasteiger partial charge in [0, 0.05) is 12.1 Å². The van der Waals surface area contributed by atoms with Gasteiger partial charge in [-0.3, -0.25) is 9.59 Å². The van der Waals surface area contributed by atoms with Crippen LogP contribution in [-0.4, -0.2) is 49.1 Å². The summed E-state index contributed by atoms with van der Waals surface area (Å²) >= 11 is 0. The molecule has 7 heteroatoms. The first-order valence-corrected chi connectivity index (χ1v) is 10.7. The molecular weight excluding hydrogens is 410 g/mol. The van der Waals surface area contributed by atoms with Crippen LogP contribution in [0.15, 0.2) is 48.0 Å². The van der Waals surface area contributed by atoms with E-state index in [1.54, 1.807) is 30.3 Å². The molecule has 2 aromatic carbocycles. The highest BCUT2D eigenvalue weighted by atomic mass is 16.5. The molecular formula is C25H29NO6. The van der Waals surface area contributed by atoms with Crippen LogP contribution in [0.3, 0.4) is 0 Å². The number of nitrogens with zero attached hydrogens (tertiary/aromatic N) is 1. The molecule has 2 aromatic rings. The van der Waals surface area contributed by atoms with E-state index in [-0.39, 0.29) is 11.3 Å². The molecule has 1 unspecified atom stereocenters. The number of benzene rings is 2. The molecule has 1 fully saturated rings. The van der Waals surface area contributed by atoms with E-state index in [1.165, 1.54) is 19.1 Å². The number of aliphatic hydroxyl groups excluding tert-OH is 1. The summed E-state index contributed by atoms with van der Waals surface area (Å²) in [5.74, 6) is 0.0420. The number of aliphatic hydroxyl groups is 1. The number of carbonyl (C=O) groups excluding carboxylic acids is 2. The Bertz CT molecular complexity index is 1010. The third-order valence-electron chi connectivity index (χ3n) is 5.46. The molecule has 1 aliphatic heterocycles. The zero-order valence-electron chi connectivity index (χ0n) is 18.9. The number of rotatable bonds is 9. The number of unbranched alkanes of at least 4 members (excludes halogenated alkanes) is 1. The molecule has 0 radical (unpaired) electrons. The second-order valence-corrected chi connectivity index (χ2v) is 7.42. The molecule has 7 nitrogen and oxygen atoms in total. The van der Waals surface area contributed by atoms with Gasteiger partial charge < -0.3 is 24.2 Å². The predicted octanol–water partition coefficient (Wildman–Crippen LogP) is 4.32. The zero-order valence-corrected chi connectivity index (χ0v) is 18.9. The number of methoxy groups -OCH3 is 2. The fourth-order valence-electron chi connectivity index (χ4n) is 3.84. The highest BCUT2D eigenvalue weighted by Gasteiger charge is 2.45. The van der Waals surface area contributed by atoms with Crippen molar-refractivity contribution in [3.05, 3.63) is 59.2 Å². The summed E-state index contributed by atoms with van der Waals surface area (Å²) < 4.78 is 16.1. The summed E-state index contributed by atoms with van der Waals surface area (Å²) in [5.41, 5.74) is 1.15. The minimum Gasteiger partial charge on any atom is -0.507 e. The standard InChI is InChI=1S/C25H29NO6/c1-5-7-14-26-22(16-8-11-18(12-9-16)32-6-2)21(24(28)25(26)29)23(27)17-10-13-19(30-3)20(15-17)31-4/h8-13,15,22,27H,5-7,14H2,1-4H3/b23-21-. The Labute approximate surface area is 188 Å². The number of likely N-dealkylation sites (tertiary alicyclic amines) is 1. The van der Waals surface area contributed by atoms with Gasteiger partial charge in [-0.25, -0.2) is 0 Å². The molecule has 1 heterocycles. The number of amides is 1. The molecule has 32 heavy (non-hydrogen) atoms. The molecule has 1 atom stereocenters. The first-order valence-electron chi connectivity index (χ1n) is 10.7. The van der Waals surface area contributed by atoms with Crippen LogP contribution in [0.1, 0.15) is 43.9 Å². The molecule has 1 amide bonds. The van der Waals surface area contributed by atoms with Crippen molar-refractivity contribution in [1.82, 2.24) is 4.90 Å². The van der Waals surface area contributed by atoms with Crippen LogP contribution in [-0.2, 0) is 9.59 Å². The highest BCUT2D eigenvalue weighted by molar-refractivity contribution is 6.46. The lowest BCUT2D eigenvalue weighted by molar-refractivity contribution is -0.139. The molecule has 0 saturated carbocycles. The summed E-state index contributed by atoms with van der Waals surface area (Å²) in [7, 11) is 3.01. The van der Waals surface area contributed by atoms with Gasteiger partial charge in [0.1, 0.15) is 11.5 Å². The largest absolute Gasteiger partial charge is 0.507 e. The number of ketones is 1. The second-order valence-electron chi connectivity index (χ2n) is 7.42. The monoisotopic (exact) mass is 439 g/mol. The Morgan fingerprint density at radius 3 is 2.28 bits per heavy atom. The van der Waals surface area contributed by atoms with E-state index in [1.807, 2.05) is 26.0 Å². The highest BCUT2D eigenvalue weighted by Crippen LogP contribution is 2.41. The van der Waals surface area contributed by atoms with Crippen LogP contribution in [0.5, 0.6) is 17.2 Å². The Morgan fingerprint density at radius 1 is 1.00 bits per heavy atom. The van der Waals surface area contributed by atoms with E-state index in [4.69, 9.17) is 14.2 Å². The second kappa shape index (κ2) is 10.2. The average molecular weight is 440 g/mol. The molecule has 1 aliphatic rings. The predicted molar refractivity (Wildman–Crippen MR) is 121 cm³/mol. The number of ether oxygens (including phenoxy) is 3. The van der Waals surface area contributed by atoms with Crippen molar-refractivity contribution in [2.75, 3.05) is 27.4 Å². The summed E-state index contributed by atoms with van der Waals surface area (Å²) in [6, 6.07) is 11.4. The maximum atomic E-state index is 13.0. The Kier molecular flexibility index (Phi) is 7.41. The van der Waals surface area contributed by atoms with Gasteiger partial charge in [-0.05, 0) is 49.2 Å². The number of carbonyl (C=O) groups is 2. The van der Waals surface area contributed by atoms with E-state index < -0.39 is 17.7 Å². The zero-order chi connectivity index (χ0) is 23.3. The fraction of sp³-hybridized carbons (Fsp3) is 0.360. The van der Waals surface area contributed by atoms with Crippen molar-refractivity contribution < 1.29 is 28.9 Å². The molecule has 1 saturated heterocycles. The topological polar surface area (TPSA) is 85.3 Å². The van der Waals surface area contributed by atoms with Crippen molar-refractivity contribution in [3.63, 3.8) is 0 Å². The summed E-state index contributed by atoms with van der Waals surface area (Å²) in [6.45, 7) is 4.87. The smallest absolute Gasteiger partial charge is 0.295 e. The third-order valence-corrected chi connectivity index (χ3v) is 5.46. The van der Waals surface area contributed by atoms with Crippen molar-refractivity contribution in [2.45, 2.75) is 32.7 Å². The van der Waals surface area contributed by atoms with Gasteiger partial charge in [0.25, 0.3) is 11.7 Å². The first kappa shape index (κ1) is 23.2. The lowest BCUT2D eigenvalue weighted by Crippen LogP contribution is -2.30. The minimum absolute atomic E-state index is 0.0579. The lowest BCUT2D eigenvalue weighted by Gasteiger charge is -2.25. The molecule has 0 aliphatic carbocycles. The van der Waals surface area contributed by atoms with Crippen molar-refractivity contribution in [3.8, 4) is 17.2 Å². The van der Waals surface area contributed by atoms with Gasteiger partial charge in [0.2, 0.25) is 0 Å². The molecule has 170 valence electrons. The minimum atomic E-state index is -0.702. The van der Waals surface area contributed by atoms with Crippen LogP contribution in [0.4, 0.5) is 0 Å². The van der Waals surface area contributed by atoms with E-state index in [2.05, 4.69) is 0 Å². The van der Waals surface area contributed by atoms with Crippen LogP contribution in [0, 0.1) is 0 Å². The molecule has 3 rings (SSSR count). The van der Waals surface area contributed by atoms with E-state index in [0.29, 0.717) is 36.0 Å². The lowest BCUT2D eigenvalue weighted by atomic mass is 9.95. The van der Waals surface area contributed by atoms with E-state index in [9.17, 15) is 14.7 Å². The maximum absolute atomic E-state index is 13.0. The summed E-state index contributed by atoms with van der Waals surface area (Å²) in [6.07, 6.45) is 1.62. The Hall–Kier alpha value is -3.48. The molecule has 0 spiro atoms. The number of hydrogen-bond acceptors (Lipinski definition) is 6. The van der Waals surface area contributed by atoms with Crippen LogP contribution >= 0.6 is 0 Å². The summed E-state index contributed by atoms with van der Waals surface area (Å²) in [4.78, 5) is 27.5. The maximum Gasteiger partial charge on any atom is 0.295 e. The molecule has 0 aromatic heterocycles. The van der Waals surface area contributed by atoms with Gasteiger partial charge in [-0.1, -0.05) is 25.5 Å². The van der Waals surface area contributed by atoms with Gasteiger partial charge in [-0.2, -0.15) is 0 Å². The van der Waals surface area contributed by atoms with Gasteiger partial charge in [0.15, 0.2) is 11.5 Å². The van der Waals surface area contributed by atoms with E-state index >= 15 is 0 Å². The average Bonchev–Trinajstić information content (AvgIpc) is 3.07. The van der Waals surface area contributed by atoms with E-state index in [0.717, 1.165) is 18.4 Å². The van der Waals surface area contributed by atoms with Crippen LogP contribution in [0.2, 0.25) is 0 Å². The summed E-state index contributed by atoms with van der Waals surface area (Å²) in [5, 5.41) is 11.2. The quantitative estimate of drug-likeness (QED) is 0.356. The van der Waals surface area contributed by atoms with Crippen LogP contribution < -0.4 is 14.2 Å². The van der Waals surface area contributed by atoms with Crippen molar-refractivity contribution >= 4 is 17.4 Å². The van der Waals surface area contributed by atoms with Gasteiger partial charge in [0.05, 0.1) is 32.4 Å². The number of Topliss-reactive ketones (excluding diaryl/α,β-unsaturated/α-hetero) is 1. The van der Waals surface area contributed by atoms with Gasteiger partial charge in [-0.15, -0.1) is 0 Å². The normalized spacial score (nSPS) is 17.5. The Balaban J connectivity index is 2.13. The van der Waals surface area contributed by atoms with Crippen LogP contribution in [0.25, 0.3) is 5.76 Å². The molecule has 1 N–H and O–H groups in total. The fourth-order valence-corrected chi connectivity index (χ4v) is 3.84. The van der Waals surface area contributed by atoms with Crippen molar-refractivity contribution in [1.29, 1.82) is 0 Å². The number of hydrogen-bond donors (Lipinski definition) is 1. The first-order chi connectivity index (χ1) is 15.5. The van der Waals surface area contributed by atoms with Gasteiger partial charge >= 0.3 is 0 Å². The SMILES string of the molecule is CCCCN1C(=O)C(=O)/C(=C(\O)c2ccc(OC)c(OC)c2)C1c1ccc(OCC)cc1. The third kappa shape index (κ3) is 4.42. The molecule has 0 bridgehead atoms.